The van der Waals surface area contributed by atoms with Gasteiger partial charge in [0.2, 0.25) is 0 Å². The third-order valence-corrected chi connectivity index (χ3v) is 4.47. The average Bonchev–Trinajstić information content (AvgIpc) is 3.01. The first-order valence-electron chi connectivity index (χ1n) is 8.40. The van der Waals surface area contributed by atoms with Crippen LogP contribution in [0.3, 0.4) is 0 Å². The number of carbonyl (C=O) groups is 1. The van der Waals surface area contributed by atoms with E-state index in [9.17, 15) is 9.90 Å². The van der Waals surface area contributed by atoms with Crippen LogP contribution in [0.5, 0.6) is 5.75 Å². The van der Waals surface area contributed by atoms with Crippen molar-refractivity contribution < 1.29 is 9.90 Å². The number of amides is 1. The standard InChI is InChI=1S/C18H24N4O2/c1-20-14-15(13-19-20)3-2-8-21-9-11-22(12-10-21)18(24)16-4-6-17(23)7-5-16/h4-7,13-14,23H,2-3,8-12H2,1H3. The maximum Gasteiger partial charge on any atom is 0.253 e. The molecule has 6 heteroatoms. The minimum absolute atomic E-state index is 0.0463. The first-order chi connectivity index (χ1) is 11.6. The fourth-order valence-corrected chi connectivity index (χ4v) is 3.07. The zero-order valence-electron chi connectivity index (χ0n) is 14.1. The highest BCUT2D eigenvalue weighted by Gasteiger charge is 2.21. The number of aromatic hydroxyl groups is 1. The topological polar surface area (TPSA) is 61.6 Å². The Bertz CT molecular complexity index is 673. The molecular formula is C18H24N4O2. The number of nitrogens with zero attached hydrogens (tertiary/aromatic N) is 4. The second kappa shape index (κ2) is 7.49. The van der Waals surface area contributed by atoms with E-state index in [1.54, 1.807) is 24.3 Å². The van der Waals surface area contributed by atoms with Crippen LogP contribution >= 0.6 is 0 Å². The highest BCUT2D eigenvalue weighted by Crippen LogP contribution is 2.13. The lowest BCUT2D eigenvalue weighted by molar-refractivity contribution is 0.0636. The van der Waals surface area contributed by atoms with Gasteiger partial charge < -0.3 is 10.0 Å². The minimum atomic E-state index is 0.0463. The van der Waals surface area contributed by atoms with Crippen molar-refractivity contribution >= 4 is 5.91 Å². The van der Waals surface area contributed by atoms with Gasteiger partial charge in [-0.1, -0.05) is 0 Å². The molecule has 0 aliphatic carbocycles. The molecule has 0 bridgehead atoms. The molecule has 2 heterocycles. The van der Waals surface area contributed by atoms with Crippen LogP contribution in [0.25, 0.3) is 0 Å². The molecule has 1 aromatic carbocycles. The lowest BCUT2D eigenvalue weighted by Gasteiger charge is -2.34. The number of carbonyl (C=O) groups excluding carboxylic acids is 1. The lowest BCUT2D eigenvalue weighted by atomic mass is 10.1. The van der Waals surface area contributed by atoms with Crippen molar-refractivity contribution in [3.8, 4) is 5.75 Å². The van der Waals surface area contributed by atoms with Crippen LogP contribution in [0.15, 0.2) is 36.7 Å². The van der Waals surface area contributed by atoms with E-state index in [1.807, 2.05) is 22.8 Å². The van der Waals surface area contributed by atoms with E-state index in [1.165, 1.54) is 5.56 Å². The Morgan fingerprint density at radius 3 is 2.50 bits per heavy atom. The van der Waals surface area contributed by atoms with Crippen LogP contribution in [0, 0.1) is 0 Å². The van der Waals surface area contributed by atoms with Crippen molar-refractivity contribution in [2.75, 3.05) is 32.7 Å². The molecule has 0 spiro atoms. The van der Waals surface area contributed by atoms with Gasteiger partial charge in [-0.3, -0.25) is 14.4 Å². The number of benzene rings is 1. The lowest BCUT2D eigenvalue weighted by Crippen LogP contribution is -2.48. The molecule has 1 aliphatic rings. The number of hydrogen-bond donors (Lipinski definition) is 1. The predicted molar refractivity (Wildman–Crippen MR) is 92.0 cm³/mol. The molecule has 0 radical (unpaired) electrons. The van der Waals surface area contributed by atoms with Crippen molar-refractivity contribution in [2.45, 2.75) is 12.8 Å². The van der Waals surface area contributed by atoms with E-state index in [2.05, 4.69) is 16.2 Å². The summed E-state index contributed by atoms with van der Waals surface area (Å²) in [6.45, 7) is 4.39. The molecule has 0 unspecified atom stereocenters. The monoisotopic (exact) mass is 328 g/mol. The van der Waals surface area contributed by atoms with Crippen LogP contribution in [0.2, 0.25) is 0 Å². The van der Waals surface area contributed by atoms with E-state index in [0.717, 1.165) is 45.6 Å². The molecule has 6 nitrogen and oxygen atoms in total. The van der Waals surface area contributed by atoms with Crippen molar-refractivity contribution in [1.82, 2.24) is 19.6 Å². The molecule has 0 atom stereocenters. The Morgan fingerprint density at radius 2 is 1.88 bits per heavy atom. The highest BCUT2D eigenvalue weighted by molar-refractivity contribution is 5.94. The van der Waals surface area contributed by atoms with Gasteiger partial charge in [0.25, 0.3) is 5.91 Å². The van der Waals surface area contributed by atoms with E-state index in [0.29, 0.717) is 5.56 Å². The van der Waals surface area contributed by atoms with Crippen molar-refractivity contribution in [2.24, 2.45) is 7.05 Å². The first-order valence-corrected chi connectivity index (χ1v) is 8.40. The number of rotatable bonds is 5. The van der Waals surface area contributed by atoms with Crippen LogP contribution in [-0.4, -0.2) is 63.3 Å². The molecule has 128 valence electrons. The summed E-state index contributed by atoms with van der Waals surface area (Å²) < 4.78 is 1.84. The molecule has 3 rings (SSSR count). The smallest absolute Gasteiger partial charge is 0.253 e. The quantitative estimate of drug-likeness (QED) is 0.904. The van der Waals surface area contributed by atoms with Crippen LogP contribution in [0.1, 0.15) is 22.3 Å². The van der Waals surface area contributed by atoms with Gasteiger partial charge in [-0.25, -0.2) is 0 Å². The largest absolute Gasteiger partial charge is 0.508 e. The van der Waals surface area contributed by atoms with Crippen molar-refractivity contribution in [1.29, 1.82) is 0 Å². The van der Waals surface area contributed by atoms with Gasteiger partial charge in [0.15, 0.2) is 0 Å². The third kappa shape index (κ3) is 4.14. The van der Waals surface area contributed by atoms with Crippen LogP contribution in [0.4, 0.5) is 0 Å². The summed E-state index contributed by atoms with van der Waals surface area (Å²) in [5.74, 6) is 0.231. The fourth-order valence-electron chi connectivity index (χ4n) is 3.07. The summed E-state index contributed by atoms with van der Waals surface area (Å²) in [5, 5.41) is 13.5. The Labute approximate surface area is 142 Å². The third-order valence-electron chi connectivity index (χ3n) is 4.47. The minimum Gasteiger partial charge on any atom is -0.508 e. The van der Waals surface area contributed by atoms with Gasteiger partial charge >= 0.3 is 0 Å². The van der Waals surface area contributed by atoms with Crippen molar-refractivity contribution in [3.63, 3.8) is 0 Å². The molecule has 24 heavy (non-hydrogen) atoms. The molecule has 1 aliphatic heterocycles. The van der Waals surface area contributed by atoms with Gasteiger partial charge in [-0.15, -0.1) is 0 Å². The second-order valence-electron chi connectivity index (χ2n) is 6.31. The normalized spacial score (nSPS) is 15.6. The van der Waals surface area contributed by atoms with Crippen LogP contribution in [-0.2, 0) is 13.5 Å². The number of aromatic nitrogens is 2. The Balaban J connectivity index is 1.42. The number of aryl methyl sites for hydroxylation is 2. The first kappa shape index (κ1) is 16.5. The zero-order valence-corrected chi connectivity index (χ0v) is 14.1. The van der Waals surface area contributed by atoms with Crippen LogP contribution < -0.4 is 0 Å². The number of phenols is 1. The Morgan fingerprint density at radius 1 is 1.17 bits per heavy atom. The summed E-state index contributed by atoms with van der Waals surface area (Å²) in [6.07, 6.45) is 6.14. The molecule has 1 aromatic heterocycles. The Kier molecular flexibility index (Phi) is 5.15. The molecule has 2 aromatic rings. The van der Waals surface area contributed by atoms with Gasteiger partial charge in [0, 0.05) is 45.0 Å². The maximum absolute atomic E-state index is 12.4. The second-order valence-corrected chi connectivity index (χ2v) is 6.31. The fraction of sp³-hybridized carbons (Fsp3) is 0.444. The summed E-state index contributed by atoms with van der Waals surface area (Å²) in [4.78, 5) is 16.7. The SMILES string of the molecule is Cn1cc(CCCN2CCN(C(=O)c3ccc(O)cc3)CC2)cn1. The summed E-state index contributed by atoms with van der Waals surface area (Å²) >= 11 is 0. The van der Waals surface area contributed by atoms with E-state index < -0.39 is 0 Å². The van der Waals surface area contributed by atoms with Gasteiger partial charge in [-0.2, -0.15) is 5.10 Å². The van der Waals surface area contributed by atoms with E-state index in [4.69, 9.17) is 0 Å². The average molecular weight is 328 g/mol. The highest BCUT2D eigenvalue weighted by atomic mass is 16.3. The molecule has 1 amide bonds. The molecular weight excluding hydrogens is 304 g/mol. The van der Waals surface area contributed by atoms with Crippen molar-refractivity contribution in [3.05, 3.63) is 47.8 Å². The summed E-state index contributed by atoms with van der Waals surface area (Å²) in [7, 11) is 1.94. The van der Waals surface area contributed by atoms with Gasteiger partial charge in [0.1, 0.15) is 5.75 Å². The molecule has 1 saturated heterocycles. The Hall–Kier alpha value is -2.34. The van der Waals surface area contributed by atoms with Gasteiger partial charge in [0.05, 0.1) is 6.20 Å². The summed E-state index contributed by atoms with van der Waals surface area (Å²) in [6, 6.07) is 6.47. The predicted octanol–water partition coefficient (Wildman–Crippen LogP) is 1.52. The van der Waals surface area contributed by atoms with E-state index >= 15 is 0 Å². The molecule has 0 saturated carbocycles. The number of piperazine rings is 1. The van der Waals surface area contributed by atoms with Gasteiger partial charge in [-0.05, 0) is 49.2 Å². The van der Waals surface area contributed by atoms with E-state index in [-0.39, 0.29) is 11.7 Å². The molecule has 1 N–H and O–H groups in total. The molecule has 1 fully saturated rings. The number of hydrogen-bond acceptors (Lipinski definition) is 4. The zero-order chi connectivity index (χ0) is 16.9. The maximum atomic E-state index is 12.4. The summed E-state index contributed by atoms with van der Waals surface area (Å²) in [5.41, 5.74) is 1.91. The number of phenolic OH excluding ortho intramolecular Hbond substituents is 1.